The summed E-state index contributed by atoms with van der Waals surface area (Å²) in [6.45, 7) is 12.3. The predicted octanol–water partition coefficient (Wildman–Crippen LogP) is 3.87. The van der Waals surface area contributed by atoms with Crippen molar-refractivity contribution in [1.82, 2.24) is 4.98 Å². The van der Waals surface area contributed by atoms with Gasteiger partial charge in [-0.05, 0) is 33.8 Å². The van der Waals surface area contributed by atoms with Gasteiger partial charge in [0.2, 0.25) is 5.91 Å². The zero-order chi connectivity index (χ0) is 15.0. The lowest BCUT2D eigenvalue weighted by atomic mass is 9.95. The van der Waals surface area contributed by atoms with E-state index in [1.165, 1.54) is 0 Å². The van der Waals surface area contributed by atoms with Gasteiger partial charge in [-0.3, -0.25) is 4.79 Å². The number of halogens is 2. The fourth-order valence-electron chi connectivity index (χ4n) is 1.50. The quantitative estimate of drug-likeness (QED) is 0.457. The third-order valence-corrected chi connectivity index (χ3v) is 5.51. The highest BCUT2D eigenvalue weighted by Gasteiger charge is 2.28. The number of nitrogens with one attached hydrogen (secondary N) is 1. The van der Waals surface area contributed by atoms with Gasteiger partial charge in [-0.1, -0.05) is 52.0 Å². The van der Waals surface area contributed by atoms with Crippen LogP contribution in [-0.4, -0.2) is 19.0 Å². The Kier molecular flexibility index (Phi) is 5.07. The first-order valence-electron chi connectivity index (χ1n) is 6.11. The maximum Gasteiger partial charge on any atom is 0.229 e. The molecule has 1 N–H and O–H groups in total. The van der Waals surface area contributed by atoms with Crippen LogP contribution in [0.25, 0.3) is 0 Å². The smallest absolute Gasteiger partial charge is 0.229 e. The highest BCUT2D eigenvalue weighted by molar-refractivity contribution is 14.1. The molecule has 1 aromatic rings. The molecule has 0 bridgehead atoms. The number of hydrogen-bond acceptors (Lipinski definition) is 2. The van der Waals surface area contributed by atoms with Crippen LogP contribution in [0.2, 0.25) is 24.8 Å². The summed E-state index contributed by atoms with van der Waals surface area (Å²) in [5, 5.41) is 4.46. The number of hydrogen-bond donors (Lipinski definition) is 1. The monoisotopic (exact) mass is 410 g/mol. The first-order chi connectivity index (χ1) is 8.43. The molecule has 0 radical (unpaired) electrons. The molecule has 0 unspecified atom stereocenters. The summed E-state index contributed by atoms with van der Waals surface area (Å²) in [5.74, 6) is -0.0445. The molecule has 0 atom stereocenters. The molecule has 3 nitrogen and oxygen atoms in total. The molecular formula is C13H20ClIN2OSi. The number of carbonyl (C=O) groups excluding carboxylic acids is 1. The van der Waals surface area contributed by atoms with Gasteiger partial charge in [0.05, 0.1) is 13.8 Å². The van der Waals surface area contributed by atoms with Crippen LogP contribution in [0.5, 0.6) is 0 Å². The number of aromatic nitrogens is 1. The standard InChI is InChI=1S/C13H20ClIN2OSi/c1-13(2,3)12(18)17-10-8(19(4,5)6)7-9(15)16-11(10)14/h7H,1-6H3,(H,17,18). The van der Waals surface area contributed by atoms with Crippen molar-refractivity contribution in [1.29, 1.82) is 0 Å². The number of pyridine rings is 1. The SMILES string of the molecule is CC(C)(C)C(=O)Nc1c([Si](C)(C)C)cc(I)nc1Cl. The van der Waals surface area contributed by atoms with Crippen LogP contribution in [0.1, 0.15) is 20.8 Å². The fourth-order valence-corrected chi connectivity index (χ4v) is 4.30. The number of rotatable bonds is 2. The van der Waals surface area contributed by atoms with E-state index >= 15 is 0 Å². The number of amides is 1. The lowest BCUT2D eigenvalue weighted by Gasteiger charge is -2.25. The van der Waals surface area contributed by atoms with E-state index in [2.05, 4.69) is 52.5 Å². The average molecular weight is 411 g/mol. The first kappa shape index (κ1) is 16.9. The largest absolute Gasteiger partial charge is 0.323 e. The van der Waals surface area contributed by atoms with Gasteiger partial charge < -0.3 is 5.32 Å². The van der Waals surface area contributed by atoms with Gasteiger partial charge in [0.15, 0.2) is 5.15 Å². The Morgan fingerprint density at radius 3 is 2.32 bits per heavy atom. The van der Waals surface area contributed by atoms with Crippen LogP contribution >= 0.6 is 34.2 Å². The molecule has 1 heterocycles. The molecule has 0 aliphatic heterocycles. The molecule has 6 heteroatoms. The van der Waals surface area contributed by atoms with Crippen LogP contribution in [0, 0.1) is 9.12 Å². The summed E-state index contributed by atoms with van der Waals surface area (Å²) in [4.78, 5) is 16.4. The lowest BCUT2D eigenvalue weighted by Crippen LogP contribution is -2.42. The summed E-state index contributed by atoms with van der Waals surface area (Å²) in [7, 11) is -1.61. The van der Waals surface area contributed by atoms with Crippen LogP contribution in [-0.2, 0) is 4.79 Å². The van der Waals surface area contributed by atoms with Crippen molar-refractivity contribution in [3.63, 3.8) is 0 Å². The summed E-state index contributed by atoms with van der Waals surface area (Å²) >= 11 is 8.38. The van der Waals surface area contributed by atoms with Crippen molar-refractivity contribution >= 4 is 59.0 Å². The van der Waals surface area contributed by atoms with E-state index in [1.54, 1.807) is 0 Å². The second-order valence-electron chi connectivity index (χ2n) is 6.61. The van der Waals surface area contributed by atoms with Crippen molar-refractivity contribution < 1.29 is 4.79 Å². The number of nitrogens with zero attached hydrogens (tertiary/aromatic N) is 1. The summed E-state index contributed by atoms with van der Waals surface area (Å²) in [5.41, 5.74) is 0.226. The molecule has 0 aromatic carbocycles. The van der Waals surface area contributed by atoms with E-state index in [-0.39, 0.29) is 5.91 Å². The molecule has 0 spiro atoms. The number of carbonyl (C=O) groups is 1. The average Bonchev–Trinajstić information content (AvgIpc) is 2.18. The highest BCUT2D eigenvalue weighted by Crippen LogP contribution is 2.25. The third kappa shape index (κ3) is 4.42. The van der Waals surface area contributed by atoms with Crippen LogP contribution < -0.4 is 10.5 Å². The highest BCUT2D eigenvalue weighted by atomic mass is 127. The summed E-state index contributed by atoms with van der Waals surface area (Å²) in [6.07, 6.45) is 0. The Hall–Kier alpha value is -0.143. The number of anilines is 1. The van der Waals surface area contributed by atoms with E-state index in [9.17, 15) is 4.79 Å². The third-order valence-electron chi connectivity index (χ3n) is 2.67. The Balaban J connectivity index is 3.31. The molecule has 1 rings (SSSR count). The van der Waals surface area contributed by atoms with Crippen molar-refractivity contribution in [2.75, 3.05) is 5.32 Å². The van der Waals surface area contributed by atoms with Gasteiger partial charge in [-0.15, -0.1) is 0 Å². The Bertz CT molecular complexity index is 507. The molecule has 0 fully saturated rings. The van der Waals surface area contributed by atoms with Crippen molar-refractivity contribution in [3.8, 4) is 0 Å². The zero-order valence-electron chi connectivity index (χ0n) is 12.2. The van der Waals surface area contributed by atoms with E-state index in [0.29, 0.717) is 10.8 Å². The lowest BCUT2D eigenvalue weighted by molar-refractivity contribution is -0.123. The van der Waals surface area contributed by atoms with Crippen molar-refractivity contribution in [3.05, 3.63) is 14.9 Å². The molecular weight excluding hydrogens is 391 g/mol. The van der Waals surface area contributed by atoms with Gasteiger partial charge in [0.25, 0.3) is 0 Å². The van der Waals surface area contributed by atoms with Gasteiger partial charge in [0.1, 0.15) is 3.70 Å². The van der Waals surface area contributed by atoms with Crippen molar-refractivity contribution in [2.45, 2.75) is 40.4 Å². The topological polar surface area (TPSA) is 42.0 Å². The van der Waals surface area contributed by atoms with Crippen LogP contribution in [0.3, 0.4) is 0 Å². The van der Waals surface area contributed by atoms with E-state index in [4.69, 9.17) is 11.6 Å². The minimum Gasteiger partial charge on any atom is -0.323 e. The van der Waals surface area contributed by atoms with Gasteiger partial charge in [0, 0.05) is 5.41 Å². The normalized spacial score (nSPS) is 12.4. The maximum absolute atomic E-state index is 12.2. The van der Waals surface area contributed by atoms with Gasteiger partial charge >= 0.3 is 0 Å². The minimum atomic E-state index is -1.61. The molecule has 1 aromatic heterocycles. The second-order valence-corrected chi connectivity index (χ2v) is 13.1. The van der Waals surface area contributed by atoms with Crippen LogP contribution in [0.4, 0.5) is 5.69 Å². The van der Waals surface area contributed by atoms with Crippen LogP contribution in [0.15, 0.2) is 6.07 Å². The summed E-state index contributed by atoms with van der Waals surface area (Å²) < 4.78 is 0.855. The van der Waals surface area contributed by atoms with E-state index in [1.807, 2.05) is 26.8 Å². The Morgan fingerprint density at radius 2 is 1.89 bits per heavy atom. The Morgan fingerprint density at radius 1 is 1.37 bits per heavy atom. The molecule has 0 aliphatic carbocycles. The van der Waals surface area contributed by atoms with E-state index in [0.717, 1.165) is 8.89 Å². The molecule has 0 saturated carbocycles. The van der Waals surface area contributed by atoms with E-state index < -0.39 is 13.5 Å². The van der Waals surface area contributed by atoms with Gasteiger partial charge in [-0.2, -0.15) is 0 Å². The minimum absolute atomic E-state index is 0.0445. The molecule has 1 amide bonds. The first-order valence-corrected chi connectivity index (χ1v) is 11.1. The molecule has 0 saturated heterocycles. The second kappa shape index (κ2) is 5.69. The fraction of sp³-hybridized carbons (Fsp3) is 0.538. The zero-order valence-corrected chi connectivity index (χ0v) is 16.1. The molecule has 106 valence electrons. The maximum atomic E-state index is 12.2. The summed E-state index contributed by atoms with van der Waals surface area (Å²) in [6, 6.07) is 2.02. The predicted molar refractivity (Wildman–Crippen MR) is 93.0 cm³/mol. The Labute approximate surface area is 134 Å². The van der Waals surface area contributed by atoms with Crippen molar-refractivity contribution in [2.24, 2.45) is 5.41 Å². The van der Waals surface area contributed by atoms with Gasteiger partial charge in [-0.25, -0.2) is 4.98 Å². The molecule has 19 heavy (non-hydrogen) atoms. The molecule has 0 aliphatic rings.